The highest BCUT2D eigenvalue weighted by molar-refractivity contribution is 9.10. The van der Waals surface area contributed by atoms with Gasteiger partial charge in [0.05, 0.1) is 10.8 Å². The average molecular weight is 438 g/mol. The Bertz CT molecular complexity index is 900. The number of anilines is 1. The maximum atomic E-state index is 12.8. The van der Waals surface area contributed by atoms with E-state index in [1.165, 1.54) is 4.31 Å². The van der Waals surface area contributed by atoms with Crippen molar-refractivity contribution in [2.75, 3.05) is 18.4 Å². The van der Waals surface area contributed by atoms with E-state index in [1.807, 2.05) is 19.1 Å². The van der Waals surface area contributed by atoms with Crippen LogP contribution in [0.15, 0.2) is 51.8 Å². The van der Waals surface area contributed by atoms with Crippen LogP contribution in [-0.2, 0) is 14.8 Å². The summed E-state index contributed by atoms with van der Waals surface area (Å²) in [6, 6.07) is 11.9. The topological polar surface area (TPSA) is 79.4 Å². The summed E-state index contributed by atoms with van der Waals surface area (Å²) in [6.45, 7) is 2.45. The highest BCUT2D eigenvalue weighted by Crippen LogP contribution is 2.25. The molecule has 1 fully saturated rings. The predicted octanol–water partition coefficient (Wildman–Crippen LogP) is 3.19. The molecule has 0 aliphatic carbocycles. The summed E-state index contributed by atoms with van der Waals surface area (Å²) in [5, 5.41) is 2.79. The van der Waals surface area contributed by atoms with Crippen molar-refractivity contribution in [3.05, 3.63) is 52.6 Å². The van der Waals surface area contributed by atoms with Gasteiger partial charge in [-0.3, -0.25) is 4.79 Å². The van der Waals surface area contributed by atoms with Crippen molar-refractivity contribution in [1.29, 1.82) is 0 Å². The zero-order valence-electron chi connectivity index (χ0n) is 14.4. The fraction of sp³-hybridized carbons (Fsp3) is 0.333. The van der Waals surface area contributed by atoms with Crippen LogP contribution >= 0.6 is 15.9 Å². The number of aryl methyl sites for hydroxylation is 1. The molecule has 1 aromatic heterocycles. The number of pyridine rings is 1. The third kappa shape index (κ3) is 4.31. The van der Waals surface area contributed by atoms with Crippen LogP contribution in [0.2, 0.25) is 0 Å². The molecule has 138 valence electrons. The van der Waals surface area contributed by atoms with E-state index in [1.54, 1.807) is 30.3 Å². The lowest BCUT2D eigenvalue weighted by Gasteiger charge is -2.31. The van der Waals surface area contributed by atoms with Gasteiger partial charge in [0.25, 0.3) is 0 Å². The number of carbonyl (C=O) groups excluding carboxylic acids is 1. The molecule has 8 heteroatoms. The molecule has 1 saturated heterocycles. The van der Waals surface area contributed by atoms with Crippen molar-refractivity contribution in [3.8, 4) is 0 Å². The summed E-state index contributed by atoms with van der Waals surface area (Å²) in [6.07, 6.45) is 1.30. The molecule has 0 bridgehead atoms. The highest BCUT2D eigenvalue weighted by Gasteiger charge is 2.33. The molecule has 2 aromatic rings. The highest BCUT2D eigenvalue weighted by atomic mass is 79.9. The minimum atomic E-state index is -3.61. The van der Waals surface area contributed by atoms with Crippen LogP contribution in [-0.4, -0.2) is 36.7 Å². The van der Waals surface area contributed by atoms with Crippen molar-refractivity contribution in [1.82, 2.24) is 9.29 Å². The second kappa shape index (κ2) is 7.85. The maximum absolute atomic E-state index is 12.8. The molecule has 1 atom stereocenters. The van der Waals surface area contributed by atoms with E-state index in [0.717, 1.165) is 10.2 Å². The first-order chi connectivity index (χ1) is 12.4. The lowest BCUT2D eigenvalue weighted by molar-refractivity contribution is -0.120. The molecule has 0 spiro atoms. The van der Waals surface area contributed by atoms with Crippen molar-refractivity contribution in [3.63, 3.8) is 0 Å². The van der Waals surface area contributed by atoms with Gasteiger partial charge in [0.15, 0.2) is 0 Å². The first-order valence-electron chi connectivity index (χ1n) is 8.36. The molecule has 2 heterocycles. The molecule has 1 N–H and O–H groups in total. The molecule has 26 heavy (non-hydrogen) atoms. The standard InChI is InChI=1S/C18H20BrN3O3S/c1-13-4-2-6-17(20-13)21-18(23)14-5-3-11-22(12-14)26(24,25)16-9-7-15(19)8-10-16/h2,4,6-10,14H,3,5,11-12H2,1H3,(H,20,21,23)/t14-/m1/s1. The minimum Gasteiger partial charge on any atom is -0.310 e. The molecule has 1 aliphatic rings. The number of nitrogens with zero attached hydrogens (tertiary/aromatic N) is 2. The molecular weight excluding hydrogens is 418 g/mol. The summed E-state index contributed by atoms with van der Waals surface area (Å²) in [4.78, 5) is 17.1. The number of benzene rings is 1. The number of amides is 1. The van der Waals surface area contributed by atoms with Gasteiger partial charge in [0.2, 0.25) is 15.9 Å². The molecule has 1 aromatic carbocycles. The van der Waals surface area contributed by atoms with E-state index in [0.29, 0.717) is 25.2 Å². The van der Waals surface area contributed by atoms with Gasteiger partial charge in [-0.2, -0.15) is 4.31 Å². The Hall–Kier alpha value is -1.77. The number of nitrogens with one attached hydrogen (secondary N) is 1. The summed E-state index contributed by atoms with van der Waals surface area (Å²) in [5.41, 5.74) is 0.811. The van der Waals surface area contributed by atoms with Gasteiger partial charge >= 0.3 is 0 Å². The fourth-order valence-electron chi connectivity index (χ4n) is 2.97. The normalized spacial score (nSPS) is 18.5. The number of rotatable bonds is 4. The van der Waals surface area contributed by atoms with Gasteiger partial charge in [0, 0.05) is 23.3 Å². The maximum Gasteiger partial charge on any atom is 0.243 e. The van der Waals surface area contributed by atoms with Gasteiger partial charge in [0.1, 0.15) is 5.82 Å². The molecule has 6 nitrogen and oxygen atoms in total. The Balaban J connectivity index is 1.72. The number of hydrogen-bond acceptors (Lipinski definition) is 4. The quantitative estimate of drug-likeness (QED) is 0.796. The number of aromatic nitrogens is 1. The Morgan fingerprint density at radius 1 is 1.23 bits per heavy atom. The number of piperidine rings is 1. The number of hydrogen-bond donors (Lipinski definition) is 1. The fourth-order valence-corrected chi connectivity index (χ4v) is 4.76. The van der Waals surface area contributed by atoms with Gasteiger partial charge in [-0.05, 0) is 56.2 Å². The second-order valence-electron chi connectivity index (χ2n) is 6.31. The lowest BCUT2D eigenvalue weighted by Crippen LogP contribution is -2.43. The SMILES string of the molecule is Cc1cccc(NC(=O)[C@@H]2CCCN(S(=O)(=O)c3ccc(Br)cc3)C2)n1. The van der Waals surface area contributed by atoms with Crippen LogP contribution in [0.4, 0.5) is 5.82 Å². The number of carbonyl (C=O) groups is 1. The minimum absolute atomic E-state index is 0.177. The number of halogens is 1. The first-order valence-corrected chi connectivity index (χ1v) is 10.6. The van der Waals surface area contributed by atoms with Crippen molar-refractivity contribution in [2.24, 2.45) is 5.92 Å². The van der Waals surface area contributed by atoms with Gasteiger partial charge in [-0.25, -0.2) is 13.4 Å². The lowest BCUT2D eigenvalue weighted by atomic mass is 9.99. The monoisotopic (exact) mass is 437 g/mol. The molecule has 0 saturated carbocycles. The van der Waals surface area contributed by atoms with Gasteiger partial charge < -0.3 is 5.32 Å². The van der Waals surface area contributed by atoms with Crippen LogP contribution in [0.5, 0.6) is 0 Å². The third-order valence-electron chi connectivity index (χ3n) is 4.35. The molecule has 3 rings (SSSR count). The first kappa shape index (κ1) is 19.0. The summed E-state index contributed by atoms with van der Waals surface area (Å²) in [7, 11) is -3.61. The van der Waals surface area contributed by atoms with E-state index in [-0.39, 0.29) is 17.3 Å². The largest absolute Gasteiger partial charge is 0.310 e. The Morgan fingerprint density at radius 3 is 2.65 bits per heavy atom. The molecule has 0 radical (unpaired) electrons. The molecule has 1 amide bonds. The van der Waals surface area contributed by atoms with E-state index in [2.05, 4.69) is 26.2 Å². The van der Waals surface area contributed by atoms with Crippen molar-refractivity contribution >= 4 is 37.7 Å². The Kier molecular flexibility index (Phi) is 5.74. The van der Waals surface area contributed by atoms with Crippen LogP contribution in [0.25, 0.3) is 0 Å². The zero-order valence-corrected chi connectivity index (χ0v) is 16.8. The van der Waals surface area contributed by atoms with Crippen molar-refractivity contribution < 1.29 is 13.2 Å². The Morgan fingerprint density at radius 2 is 1.96 bits per heavy atom. The van der Waals surface area contributed by atoms with Crippen molar-refractivity contribution in [2.45, 2.75) is 24.7 Å². The zero-order chi connectivity index (χ0) is 18.7. The van der Waals surface area contributed by atoms with Crippen LogP contribution in [0.1, 0.15) is 18.5 Å². The summed E-state index contributed by atoms with van der Waals surface area (Å²) in [5.74, 6) is -0.0991. The van der Waals surface area contributed by atoms with Crippen LogP contribution < -0.4 is 5.32 Å². The number of sulfonamides is 1. The van der Waals surface area contributed by atoms with E-state index in [4.69, 9.17) is 0 Å². The third-order valence-corrected chi connectivity index (χ3v) is 6.75. The predicted molar refractivity (Wildman–Crippen MR) is 103 cm³/mol. The van der Waals surface area contributed by atoms with Gasteiger partial charge in [-0.15, -0.1) is 0 Å². The summed E-state index contributed by atoms with van der Waals surface area (Å²) >= 11 is 3.31. The smallest absolute Gasteiger partial charge is 0.243 e. The molecular formula is C18H20BrN3O3S. The van der Waals surface area contributed by atoms with Crippen LogP contribution in [0.3, 0.4) is 0 Å². The van der Waals surface area contributed by atoms with E-state index in [9.17, 15) is 13.2 Å². The average Bonchev–Trinajstić information content (AvgIpc) is 2.62. The Labute approximate surface area is 161 Å². The van der Waals surface area contributed by atoms with Crippen LogP contribution in [0, 0.1) is 12.8 Å². The van der Waals surface area contributed by atoms with Gasteiger partial charge in [-0.1, -0.05) is 22.0 Å². The molecule has 1 aliphatic heterocycles. The van der Waals surface area contributed by atoms with E-state index < -0.39 is 15.9 Å². The second-order valence-corrected chi connectivity index (χ2v) is 9.16. The molecule has 0 unspecified atom stereocenters. The summed E-state index contributed by atoms with van der Waals surface area (Å²) < 4.78 is 27.9. The van der Waals surface area contributed by atoms with E-state index >= 15 is 0 Å².